The van der Waals surface area contributed by atoms with Crippen LogP contribution >= 0.6 is 0 Å². The van der Waals surface area contributed by atoms with Crippen molar-refractivity contribution in [1.82, 2.24) is 29.9 Å². The van der Waals surface area contributed by atoms with Gasteiger partial charge in [0, 0.05) is 28.2 Å². The summed E-state index contributed by atoms with van der Waals surface area (Å²) in [5, 5.41) is 23.0. The quantitative estimate of drug-likeness (QED) is 0.488. The van der Waals surface area contributed by atoms with E-state index in [0.717, 1.165) is 48.6 Å². The van der Waals surface area contributed by atoms with Gasteiger partial charge in [-0.3, -0.25) is 4.90 Å². The Morgan fingerprint density at radius 2 is 2.00 bits per heavy atom. The molecule has 4 aromatic rings. The maximum absolute atomic E-state index is 9.87. The van der Waals surface area contributed by atoms with Crippen LogP contribution in [0.5, 0.6) is 0 Å². The smallest absolute Gasteiger partial charge is 0.184 e. The van der Waals surface area contributed by atoms with Crippen LogP contribution in [0.4, 0.5) is 0 Å². The average Bonchev–Trinajstić information content (AvgIpc) is 3.41. The second-order valence-electron chi connectivity index (χ2n) is 9.73. The van der Waals surface area contributed by atoms with Gasteiger partial charge in [-0.25, -0.2) is 0 Å². The van der Waals surface area contributed by atoms with Crippen molar-refractivity contribution in [2.75, 3.05) is 26.3 Å². The molecule has 2 fully saturated rings. The first-order valence-corrected chi connectivity index (χ1v) is 11.9. The minimum Gasteiger partial charge on any atom is -0.392 e. The lowest BCUT2D eigenvalue weighted by molar-refractivity contribution is -0.0712. The number of benzene rings is 1. The van der Waals surface area contributed by atoms with Gasteiger partial charge in [-0.2, -0.15) is 4.52 Å². The molecule has 172 valence electrons. The molecule has 0 saturated carbocycles. The Hall–Kier alpha value is -2.81. The van der Waals surface area contributed by atoms with E-state index in [0.29, 0.717) is 23.5 Å². The molecular weight excluding hydrogens is 416 g/mol. The van der Waals surface area contributed by atoms with Gasteiger partial charge in [-0.15, -0.1) is 5.10 Å². The molecule has 0 amide bonds. The molecule has 33 heavy (non-hydrogen) atoms. The second kappa shape index (κ2) is 8.20. The lowest BCUT2D eigenvalue weighted by atomic mass is 9.87. The number of hydrogen-bond acceptors (Lipinski definition) is 6. The molecule has 2 aliphatic rings. The van der Waals surface area contributed by atoms with Crippen LogP contribution in [0.1, 0.15) is 55.2 Å². The van der Waals surface area contributed by atoms with Crippen molar-refractivity contribution >= 4 is 16.6 Å². The summed E-state index contributed by atoms with van der Waals surface area (Å²) >= 11 is 0. The molecular formula is C25H30N6O2. The fraction of sp³-hybridized carbons (Fsp3) is 0.480. The molecule has 0 unspecified atom stereocenters. The Morgan fingerprint density at radius 1 is 1.18 bits per heavy atom. The highest BCUT2D eigenvalue weighted by Crippen LogP contribution is 2.39. The Morgan fingerprint density at radius 3 is 2.70 bits per heavy atom. The van der Waals surface area contributed by atoms with E-state index in [1.165, 1.54) is 29.4 Å². The normalized spacial score (nSPS) is 18.5. The predicted octanol–water partition coefficient (Wildman–Crippen LogP) is 3.47. The Kier molecular flexibility index (Phi) is 5.16. The van der Waals surface area contributed by atoms with Crippen LogP contribution in [0.25, 0.3) is 27.8 Å². The Bertz CT molecular complexity index is 1300. The SMILES string of the molecule is CC(C)c1c(-c2cc(CO)c3nnnn3c2)[nH]c2ccc(C3CCN(C4COC4)CC3)cc12. The molecule has 2 aliphatic heterocycles. The largest absolute Gasteiger partial charge is 0.392 e. The van der Waals surface area contributed by atoms with Gasteiger partial charge in [0.05, 0.1) is 31.6 Å². The molecule has 8 heteroatoms. The number of piperidine rings is 1. The fourth-order valence-electron chi connectivity index (χ4n) is 5.51. The van der Waals surface area contributed by atoms with Crippen molar-refractivity contribution in [1.29, 1.82) is 0 Å². The number of fused-ring (bicyclic) bond motifs is 2. The maximum atomic E-state index is 9.87. The third kappa shape index (κ3) is 3.53. The van der Waals surface area contributed by atoms with Crippen LogP contribution in [0.2, 0.25) is 0 Å². The van der Waals surface area contributed by atoms with Gasteiger partial charge in [-0.1, -0.05) is 19.9 Å². The molecule has 8 nitrogen and oxygen atoms in total. The lowest BCUT2D eigenvalue weighted by Gasteiger charge is -2.41. The van der Waals surface area contributed by atoms with E-state index in [-0.39, 0.29) is 6.61 Å². The number of aromatic amines is 1. The number of aliphatic hydroxyl groups is 1. The van der Waals surface area contributed by atoms with Gasteiger partial charge in [0.1, 0.15) is 0 Å². The molecule has 5 heterocycles. The Balaban J connectivity index is 1.38. The highest BCUT2D eigenvalue weighted by atomic mass is 16.5. The second-order valence-corrected chi connectivity index (χ2v) is 9.73. The lowest BCUT2D eigenvalue weighted by Crippen LogP contribution is -2.51. The number of rotatable bonds is 5. The summed E-state index contributed by atoms with van der Waals surface area (Å²) in [6, 6.07) is 9.55. The van der Waals surface area contributed by atoms with E-state index >= 15 is 0 Å². The zero-order valence-corrected chi connectivity index (χ0v) is 19.2. The number of likely N-dealkylation sites (tertiary alicyclic amines) is 1. The summed E-state index contributed by atoms with van der Waals surface area (Å²) in [5.74, 6) is 0.940. The first-order valence-electron chi connectivity index (χ1n) is 11.9. The van der Waals surface area contributed by atoms with E-state index in [2.05, 4.69) is 57.5 Å². The summed E-state index contributed by atoms with van der Waals surface area (Å²) in [6.07, 6.45) is 4.34. The van der Waals surface area contributed by atoms with Gasteiger partial charge >= 0.3 is 0 Å². The molecule has 0 radical (unpaired) electrons. The number of tetrazole rings is 1. The van der Waals surface area contributed by atoms with E-state index in [4.69, 9.17) is 4.74 Å². The number of aromatic nitrogens is 5. The molecule has 0 bridgehead atoms. The maximum Gasteiger partial charge on any atom is 0.184 e. The van der Waals surface area contributed by atoms with Crippen molar-refractivity contribution in [3.8, 4) is 11.3 Å². The number of nitrogens with zero attached hydrogens (tertiary/aromatic N) is 5. The predicted molar refractivity (Wildman–Crippen MR) is 126 cm³/mol. The number of hydrogen-bond donors (Lipinski definition) is 2. The first-order chi connectivity index (χ1) is 16.1. The summed E-state index contributed by atoms with van der Waals surface area (Å²) in [4.78, 5) is 6.25. The molecule has 3 aromatic heterocycles. The van der Waals surface area contributed by atoms with E-state index in [1.807, 2.05) is 12.3 Å². The first kappa shape index (κ1) is 20.8. The fourth-order valence-corrected chi connectivity index (χ4v) is 5.51. The Labute approximate surface area is 192 Å². The average molecular weight is 447 g/mol. The van der Waals surface area contributed by atoms with Crippen LogP contribution < -0.4 is 0 Å². The number of pyridine rings is 1. The van der Waals surface area contributed by atoms with Gasteiger partial charge in [0.15, 0.2) is 5.65 Å². The minimum atomic E-state index is -0.106. The summed E-state index contributed by atoms with van der Waals surface area (Å²) < 4.78 is 7.03. The van der Waals surface area contributed by atoms with Gasteiger partial charge in [0.25, 0.3) is 0 Å². The summed E-state index contributed by atoms with van der Waals surface area (Å²) in [7, 11) is 0. The third-order valence-electron chi connectivity index (χ3n) is 7.41. The minimum absolute atomic E-state index is 0.106. The molecule has 0 aliphatic carbocycles. The van der Waals surface area contributed by atoms with Crippen LogP contribution in [0.3, 0.4) is 0 Å². The van der Waals surface area contributed by atoms with Crippen LogP contribution in [0, 0.1) is 0 Å². The third-order valence-corrected chi connectivity index (χ3v) is 7.41. The summed E-state index contributed by atoms with van der Waals surface area (Å²) in [6.45, 7) is 8.47. The molecule has 1 aromatic carbocycles. The van der Waals surface area contributed by atoms with Gasteiger partial charge in [0.2, 0.25) is 0 Å². The number of H-pyrrole nitrogens is 1. The molecule has 2 N–H and O–H groups in total. The van der Waals surface area contributed by atoms with Crippen molar-refractivity contribution in [2.45, 2.75) is 51.2 Å². The standard InChI is InChI=1S/C25H30N6O2/c1-15(2)23-21-10-17(16-5-7-30(8-6-16)20-13-33-14-20)3-4-22(21)26-24(23)18-9-19(12-32)25-27-28-29-31(25)11-18/h3-4,9-11,15-16,20,26,32H,5-8,12-14H2,1-2H3. The van der Waals surface area contributed by atoms with E-state index < -0.39 is 0 Å². The molecule has 0 spiro atoms. The number of aliphatic hydroxyl groups excluding tert-OH is 1. The zero-order chi connectivity index (χ0) is 22.5. The summed E-state index contributed by atoms with van der Waals surface area (Å²) in [5.41, 5.74) is 7.24. The monoisotopic (exact) mass is 446 g/mol. The van der Waals surface area contributed by atoms with Crippen LogP contribution in [0.15, 0.2) is 30.5 Å². The van der Waals surface area contributed by atoms with Crippen molar-refractivity contribution in [2.24, 2.45) is 0 Å². The number of nitrogens with one attached hydrogen (secondary N) is 1. The molecule has 6 rings (SSSR count). The zero-order valence-electron chi connectivity index (χ0n) is 19.2. The van der Waals surface area contributed by atoms with Gasteiger partial charge < -0.3 is 14.8 Å². The number of ether oxygens (including phenoxy) is 1. The van der Waals surface area contributed by atoms with Crippen molar-refractivity contribution in [3.05, 3.63) is 47.2 Å². The van der Waals surface area contributed by atoms with Gasteiger partial charge in [-0.05, 0) is 77.5 Å². The molecule has 0 atom stereocenters. The van der Waals surface area contributed by atoms with E-state index in [9.17, 15) is 5.11 Å². The topological polar surface area (TPSA) is 91.6 Å². The van der Waals surface area contributed by atoms with Crippen molar-refractivity contribution in [3.63, 3.8) is 0 Å². The highest BCUT2D eigenvalue weighted by Gasteiger charge is 2.30. The molecule has 2 saturated heterocycles. The van der Waals surface area contributed by atoms with E-state index in [1.54, 1.807) is 4.52 Å². The van der Waals surface area contributed by atoms with Crippen molar-refractivity contribution < 1.29 is 9.84 Å². The van der Waals surface area contributed by atoms with Crippen LogP contribution in [-0.2, 0) is 11.3 Å². The highest BCUT2D eigenvalue weighted by molar-refractivity contribution is 5.92. The van der Waals surface area contributed by atoms with Crippen LogP contribution in [-0.4, -0.2) is 67.4 Å².